The summed E-state index contributed by atoms with van der Waals surface area (Å²) in [5, 5.41) is 28.8. The predicted molar refractivity (Wildman–Crippen MR) is 364 cm³/mol. The lowest BCUT2D eigenvalue weighted by Crippen LogP contribution is -2.55. The fourth-order valence-corrected chi connectivity index (χ4v) is 10.7. The van der Waals surface area contributed by atoms with Gasteiger partial charge in [-0.05, 0) is 197 Å². The van der Waals surface area contributed by atoms with Crippen LogP contribution >= 0.6 is 39.1 Å². The molecule has 5 aromatic rings. The number of aliphatic carboxylic acids is 1. The minimum atomic E-state index is -1.57. The van der Waals surface area contributed by atoms with Crippen molar-refractivity contribution in [3.05, 3.63) is 153 Å². The van der Waals surface area contributed by atoms with Crippen molar-refractivity contribution in [2.45, 2.75) is 196 Å². The van der Waals surface area contributed by atoms with E-state index in [0.717, 1.165) is 43.4 Å². The van der Waals surface area contributed by atoms with Crippen LogP contribution in [0.2, 0.25) is 10.0 Å². The number of carbonyl (C=O) groups is 8. The number of halogens is 3. The zero-order valence-corrected chi connectivity index (χ0v) is 60.0. The van der Waals surface area contributed by atoms with Crippen molar-refractivity contribution >= 4 is 87.3 Å². The SMILES string of the molecule is CC(C)(C)OC(=O)N[C@H](Cc1ccc(-c2cccc(Cl)c2)cc1)CC1(C)C(=O)OC(C)(C)OC1=O.CC(C)(C)OC(=O)N[C@H](Cc1ccc(-c2cccc(Cl)c2)cc1)C[C@@](C)(CO)C(=O)O.CC(C)(C)OC(=O)N[C@H](Cc1ccc(Br)cc1)CC1(C)C(=O)OC(C)(C)OC1=O. The molecule has 4 atom stereocenters. The largest absolute Gasteiger partial charge is 0.481 e. The molecule has 0 saturated carbocycles. The highest BCUT2D eigenvalue weighted by atomic mass is 79.9. The lowest BCUT2D eigenvalue weighted by atomic mass is 9.81. The summed E-state index contributed by atoms with van der Waals surface area (Å²) in [5.74, 6) is -6.50. The zero-order valence-electron chi connectivity index (χ0n) is 56.9. The van der Waals surface area contributed by atoms with E-state index in [2.05, 4.69) is 31.9 Å². The standard InChI is InChI=1S/C27H32ClNO6.C24H30ClNO5.C21H28BrNO6/c1-25(2,3)35-24(32)29-21(16-27(6)22(30)33-26(4,5)34-23(27)31)14-17-10-12-18(13-11-17)19-8-7-9-20(28)15-19;1-23(2,3)31-22(30)26-20(14-24(4,15-27)21(28)29)12-16-8-10-17(11-9-16)18-6-5-7-19(25)13-18;1-19(2,3)29-18(26)23-15(11-13-7-9-14(22)10-8-13)12-21(6)16(24)27-20(4,5)28-17(21)25/h7-13,15,21H,14,16H2,1-6H3,(H,29,32);5-11,13,20,27H,12,14-15H2,1-4H3,(H,26,30)(H,28,29);7-10,15H,11-12H2,1-6H3,(H,23,26)/t21-;20-,24+;15-/m111/s1. The lowest BCUT2D eigenvalue weighted by Gasteiger charge is -2.39. The second-order valence-electron chi connectivity index (χ2n) is 28.3. The summed E-state index contributed by atoms with van der Waals surface area (Å²) in [6.07, 6.45) is -0.710. The summed E-state index contributed by atoms with van der Waals surface area (Å²) in [5.41, 5.74) is 0.131. The average Bonchev–Trinajstić information content (AvgIpc) is 0.780. The first-order chi connectivity index (χ1) is 43.8. The third-order valence-corrected chi connectivity index (χ3v) is 15.8. The van der Waals surface area contributed by atoms with Gasteiger partial charge in [0, 0.05) is 60.3 Å². The molecular weight excluding hydrogens is 1330 g/mol. The molecule has 2 aliphatic rings. The van der Waals surface area contributed by atoms with Gasteiger partial charge in [0.05, 0.1) is 12.0 Å². The van der Waals surface area contributed by atoms with Crippen LogP contribution in [0.15, 0.2) is 126 Å². The van der Waals surface area contributed by atoms with Crippen molar-refractivity contribution in [2.75, 3.05) is 6.61 Å². The number of esters is 4. The highest BCUT2D eigenvalue weighted by molar-refractivity contribution is 9.10. The quantitative estimate of drug-likeness (QED) is 0.0292. The van der Waals surface area contributed by atoms with Crippen LogP contribution in [0.25, 0.3) is 22.3 Å². The molecular formula is C72H90BrCl2N3O17. The van der Waals surface area contributed by atoms with Crippen LogP contribution in [0.1, 0.15) is 147 Å². The molecule has 0 aliphatic carbocycles. The van der Waals surface area contributed by atoms with Crippen molar-refractivity contribution < 1.29 is 81.7 Å². The Morgan fingerprint density at radius 2 is 0.768 bits per heavy atom. The predicted octanol–water partition coefficient (Wildman–Crippen LogP) is 14.7. The van der Waals surface area contributed by atoms with E-state index >= 15 is 0 Å². The summed E-state index contributed by atoms with van der Waals surface area (Å²) < 4.78 is 38.2. The van der Waals surface area contributed by atoms with Gasteiger partial charge in [-0.15, -0.1) is 0 Å². The van der Waals surface area contributed by atoms with E-state index in [9.17, 15) is 48.6 Å². The Morgan fingerprint density at radius 3 is 1.05 bits per heavy atom. The van der Waals surface area contributed by atoms with Crippen LogP contribution in [0.5, 0.6) is 0 Å². The van der Waals surface area contributed by atoms with Gasteiger partial charge in [0.1, 0.15) is 16.8 Å². The second kappa shape index (κ2) is 31.9. The number of aliphatic hydroxyl groups excluding tert-OH is 1. The summed E-state index contributed by atoms with van der Waals surface area (Å²) in [6.45, 7) is 25.7. The molecule has 2 heterocycles. The molecule has 0 radical (unpaired) electrons. The molecule has 0 unspecified atom stereocenters. The van der Waals surface area contributed by atoms with E-state index in [0.29, 0.717) is 29.3 Å². The van der Waals surface area contributed by atoms with Gasteiger partial charge in [0.2, 0.25) is 0 Å². The van der Waals surface area contributed by atoms with Crippen molar-refractivity contribution in [3.8, 4) is 22.3 Å². The van der Waals surface area contributed by atoms with Crippen LogP contribution in [0.4, 0.5) is 14.4 Å². The average molecular weight is 1420 g/mol. The molecule has 2 aliphatic heterocycles. The number of alkyl carbamates (subject to hydrolysis) is 3. The number of hydrogen-bond donors (Lipinski definition) is 5. The Balaban J connectivity index is 0.000000259. The fourth-order valence-electron chi connectivity index (χ4n) is 10.1. The molecule has 7 rings (SSSR count). The first-order valence-corrected chi connectivity index (χ1v) is 32.5. The molecule has 2 saturated heterocycles. The Labute approximate surface area is 575 Å². The van der Waals surface area contributed by atoms with Gasteiger partial charge >= 0.3 is 48.1 Å². The number of benzene rings is 5. The number of carbonyl (C=O) groups excluding carboxylic acids is 7. The highest BCUT2D eigenvalue weighted by Gasteiger charge is 2.55. The molecule has 0 spiro atoms. The highest BCUT2D eigenvalue weighted by Crippen LogP contribution is 2.39. The number of hydrogen-bond acceptors (Lipinski definition) is 16. The van der Waals surface area contributed by atoms with Crippen LogP contribution in [-0.2, 0) is 76.4 Å². The van der Waals surface area contributed by atoms with Crippen molar-refractivity contribution in [3.63, 3.8) is 0 Å². The Morgan fingerprint density at radius 1 is 0.474 bits per heavy atom. The van der Waals surface area contributed by atoms with Gasteiger partial charge in [0.15, 0.2) is 10.8 Å². The van der Waals surface area contributed by atoms with Crippen LogP contribution < -0.4 is 16.0 Å². The van der Waals surface area contributed by atoms with E-state index in [4.69, 9.17) is 56.4 Å². The summed E-state index contributed by atoms with van der Waals surface area (Å²) in [4.78, 5) is 99.7. The third-order valence-electron chi connectivity index (χ3n) is 14.8. The molecule has 2 fully saturated rings. The van der Waals surface area contributed by atoms with Gasteiger partial charge in [-0.1, -0.05) is 124 Å². The Bertz CT molecular complexity index is 3480. The van der Waals surface area contributed by atoms with E-state index in [-0.39, 0.29) is 19.3 Å². The molecule has 0 bridgehead atoms. The molecule has 95 heavy (non-hydrogen) atoms. The first kappa shape index (κ1) is 78.0. The summed E-state index contributed by atoms with van der Waals surface area (Å²) in [6, 6.07) is 36.5. The van der Waals surface area contributed by atoms with Gasteiger partial charge in [0.25, 0.3) is 11.6 Å². The van der Waals surface area contributed by atoms with Gasteiger partial charge in [-0.25, -0.2) is 14.4 Å². The number of carboxylic acids is 1. The van der Waals surface area contributed by atoms with Gasteiger partial charge in [-0.2, -0.15) is 0 Å². The maximum atomic E-state index is 12.8. The van der Waals surface area contributed by atoms with Gasteiger partial charge < -0.3 is 59.3 Å². The fraction of sp³-hybridized carbons (Fsp3) is 0.472. The number of aliphatic hydroxyl groups is 1. The number of carboxylic acid groups (broad SMARTS) is 1. The molecule has 5 aromatic carbocycles. The van der Waals surface area contributed by atoms with Crippen molar-refractivity contribution in [1.29, 1.82) is 0 Å². The number of amides is 3. The molecule has 0 aromatic heterocycles. The maximum absolute atomic E-state index is 12.8. The van der Waals surface area contributed by atoms with E-state index in [1.807, 2.05) is 121 Å². The molecule has 3 amide bonds. The maximum Gasteiger partial charge on any atom is 0.407 e. The summed E-state index contributed by atoms with van der Waals surface area (Å²) in [7, 11) is 0. The molecule has 5 N–H and O–H groups in total. The number of ether oxygens (including phenoxy) is 7. The third kappa shape index (κ3) is 24.8. The van der Waals surface area contributed by atoms with Crippen molar-refractivity contribution in [1.82, 2.24) is 16.0 Å². The normalized spacial score (nSPS) is 17.0. The van der Waals surface area contributed by atoms with Crippen molar-refractivity contribution in [2.24, 2.45) is 16.2 Å². The number of rotatable bonds is 19. The second-order valence-corrected chi connectivity index (χ2v) is 30.1. The Hall–Kier alpha value is -7.72. The van der Waals surface area contributed by atoms with Crippen LogP contribution in [-0.4, -0.2) is 111 Å². The minimum absolute atomic E-state index is 0.00997. The smallest absolute Gasteiger partial charge is 0.407 e. The molecule has 23 heteroatoms. The number of nitrogens with one attached hydrogen (secondary N) is 3. The van der Waals surface area contributed by atoms with Crippen LogP contribution in [0, 0.1) is 16.2 Å². The topological polar surface area (TPSA) is 278 Å². The zero-order chi connectivity index (χ0) is 71.3. The van der Waals surface area contributed by atoms with Gasteiger partial charge in [-0.3, -0.25) is 24.0 Å². The monoisotopic (exact) mass is 1420 g/mol. The number of cyclic esters (lactones) is 4. The van der Waals surface area contributed by atoms with E-state index in [1.165, 1.54) is 48.5 Å². The van der Waals surface area contributed by atoms with E-state index < -0.39 is 117 Å². The summed E-state index contributed by atoms with van der Waals surface area (Å²) >= 11 is 15.6. The Kier molecular flexibility index (Phi) is 26.2. The first-order valence-electron chi connectivity index (χ1n) is 31.0. The van der Waals surface area contributed by atoms with Crippen LogP contribution in [0.3, 0.4) is 0 Å². The van der Waals surface area contributed by atoms with E-state index in [1.54, 1.807) is 62.3 Å². The lowest BCUT2D eigenvalue weighted by molar-refractivity contribution is -0.252. The minimum Gasteiger partial charge on any atom is -0.481 e. The molecule has 20 nitrogen and oxygen atoms in total. The molecule has 516 valence electrons.